The molecule has 0 bridgehead atoms. The van der Waals surface area contributed by atoms with Crippen LogP contribution in [0.5, 0.6) is 5.75 Å². The fraction of sp³-hybridized carbons (Fsp3) is 0.286. The predicted molar refractivity (Wildman–Crippen MR) is 67.1 cm³/mol. The topological polar surface area (TPSA) is 56.5 Å². The quantitative estimate of drug-likeness (QED) is 0.460. The number of fused-ring (bicyclic) bond motifs is 2. The molecule has 2 aromatic rings. The molecule has 19 heavy (non-hydrogen) atoms. The number of benzene rings is 1. The first-order chi connectivity index (χ1) is 9.14. The van der Waals surface area contributed by atoms with E-state index in [1.807, 2.05) is 0 Å². The van der Waals surface area contributed by atoms with Crippen LogP contribution in [0, 0.1) is 0 Å². The summed E-state index contributed by atoms with van der Waals surface area (Å²) >= 11 is 0. The maximum absolute atomic E-state index is 12.2. The van der Waals surface area contributed by atoms with Crippen LogP contribution in [0.3, 0.4) is 0 Å². The van der Waals surface area contributed by atoms with Gasteiger partial charge in [-0.15, -0.1) is 0 Å². The van der Waals surface area contributed by atoms with E-state index in [-0.39, 0.29) is 11.5 Å². The lowest BCUT2D eigenvalue weighted by Crippen LogP contribution is -2.27. The summed E-state index contributed by atoms with van der Waals surface area (Å²) in [4.78, 5) is 24.2. The average Bonchev–Trinajstić information content (AvgIpc) is 3.25. The second-order valence-corrected chi connectivity index (χ2v) is 5.21. The van der Waals surface area contributed by atoms with Crippen LogP contribution in [0.1, 0.15) is 10.4 Å². The summed E-state index contributed by atoms with van der Waals surface area (Å²) in [6.07, 6.45) is 0. The highest BCUT2D eigenvalue weighted by Crippen LogP contribution is 2.49. The van der Waals surface area contributed by atoms with E-state index < -0.39 is 5.63 Å². The minimum absolute atomic E-state index is 0.100. The van der Waals surface area contributed by atoms with Gasteiger partial charge >= 0.3 is 11.5 Å². The fourth-order valence-corrected chi connectivity index (χ4v) is 2.54. The average molecular weight is 258 g/mol. The lowest BCUT2D eigenvalue weighted by Gasteiger charge is -2.04. The molecule has 96 valence electrons. The molecular weight excluding hydrogens is 246 g/mol. The van der Waals surface area contributed by atoms with Crippen molar-refractivity contribution in [2.24, 2.45) is 0 Å². The predicted octanol–water partition coefficient (Wildman–Crippen LogP) is 1.15. The van der Waals surface area contributed by atoms with Crippen molar-refractivity contribution in [1.29, 1.82) is 0 Å². The number of ether oxygens (including phenoxy) is 1. The molecule has 5 heteroatoms. The number of nitrogens with zero attached hydrogens (tertiary/aromatic N) is 1. The number of carbonyl (C=O) groups is 1. The van der Waals surface area contributed by atoms with E-state index in [2.05, 4.69) is 0 Å². The highest BCUT2D eigenvalue weighted by atomic mass is 16.5. The highest BCUT2D eigenvalue weighted by Gasteiger charge is 2.79. The molecule has 2 fully saturated rings. The third kappa shape index (κ3) is 1.39. The molecule has 1 aromatic carbocycles. The Morgan fingerprint density at radius 3 is 2.74 bits per heavy atom. The van der Waals surface area contributed by atoms with Crippen LogP contribution < -0.4 is 10.4 Å². The Kier molecular flexibility index (Phi) is 1.84. The molecule has 2 aliphatic rings. The zero-order valence-electron chi connectivity index (χ0n) is 10.4. The first kappa shape index (κ1) is 10.8. The Hall–Kier alpha value is -2.14. The summed E-state index contributed by atoms with van der Waals surface area (Å²) in [5.74, 6) is 0.519. The normalized spacial score (nSPS) is 26.9. The number of quaternary nitrogens is 1. The monoisotopic (exact) mass is 258 g/mol. The minimum atomic E-state index is -0.559. The molecule has 1 amide bonds. The summed E-state index contributed by atoms with van der Waals surface area (Å²) in [6.45, 7) is 1.75. The van der Waals surface area contributed by atoms with Crippen molar-refractivity contribution in [2.75, 3.05) is 20.2 Å². The molecule has 0 aliphatic carbocycles. The number of carbonyl (C=O) groups excluding carboxylic acids is 1. The third-order valence-corrected chi connectivity index (χ3v) is 4.08. The zero-order chi connectivity index (χ0) is 13.2. The molecule has 2 aliphatic heterocycles. The maximum Gasteiger partial charge on any atom is 0.354 e. The van der Waals surface area contributed by atoms with Crippen LogP contribution in [-0.2, 0) is 0 Å². The molecule has 0 atom stereocenters. The van der Waals surface area contributed by atoms with E-state index in [1.165, 1.54) is 0 Å². The smallest absolute Gasteiger partial charge is 0.354 e. The molecule has 3 heterocycles. The van der Waals surface area contributed by atoms with Crippen LogP contribution in [0.25, 0.3) is 11.0 Å². The van der Waals surface area contributed by atoms with Gasteiger partial charge in [0.05, 0.1) is 7.11 Å². The van der Waals surface area contributed by atoms with Crippen molar-refractivity contribution in [3.63, 3.8) is 0 Å². The molecule has 4 rings (SSSR count). The SMILES string of the molecule is COc1ccc2cc(C(=O)[N+]34CC3C4)c(=O)oc2c1. The Labute approximate surface area is 108 Å². The van der Waals surface area contributed by atoms with Crippen molar-refractivity contribution in [2.45, 2.75) is 6.04 Å². The Balaban J connectivity index is 1.86. The van der Waals surface area contributed by atoms with Crippen molar-refractivity contribution in [3.05, 3.63) is 40.2 Å². The fourth-order valence-electron chi connectivity index (χ4n) is 2.54. The van der Waals surface area contributed by atoms with Gasteiger partial charge < -0.3 is 9.15 Å². The van der Waals surface area contributed by atoms with Crippen LogP contribution in [0.15, 0.2) is 33.5 Å². The van der Waals surface area contributed by atoms with Gasteiger partial charge in [0.1, 0.15) is 24.4 Å². The summed E-state index contributed by atoms with van der Waals surface area (Å²) in [5.41, 5.74) is 0.0440. The van der Waals surface area contributed by atoms with Crippen LogP contribution in [-0.4, -0.2) is 36.6 Å². The van der Waals surface area contributed by atoms with Crippen molar-refractivity contribution < 1.29 is 18.4 Å². The van der Waals surface area contributed by atoms with Gasteiger partial charge in [-0.25, -0.2) is 14.1 Å². The Morgan fingerprint density at radius 2 is 2.11 bits per heavy atom. The number of methoxy groups -OCH3 is 1. The Bertz CT molecular complexity index is 771. The van der Waals surface area contributed by atoms with Crippen LogP contribution in [0.4, 0.5) is 0 Å². The number of rotatable bonds is 2. The van der Waals surface area contributed by atoms with Crippen molar-refractivity contribution in [3.8, 4) is 5.75 Å². The molecule has 0 N–H and O–H groups in total. The minimum Gasteiger partial charge on any atom is -0.497 e. The first-order valence-corrected chi connectivity index (χ1v) is 6.18. The summed E-state index contributed by atoms with van der Waals surface area (Å²) < 4.78 is 10.8. The van der Waals surface area contributed by atoms with E-state index >= 15 is 0 Å². The molecular formula is C14H12NO4+. The molecule has 0 radical (unpaired) electrons. The van der Waals surface area contributed by atoms with E-state index in [1.54, 1.807) is 31.4 Å². The molecule has 5 nitrogen and oxygen atoms in total. The summed E-state index contributed by atoms with van der Waals surface area (Å²) in [7, 11) is 1.55. The number of hydrogen-bond donors (Lipinski definition) is 0. The van der Waals surface area contributed by atoms with Crippen molar-refractivity contribution in [1.82, 2.24) is 0 Å². The largest absolute Gasteiger partial charge is 0.497 e. The van der Waals surface area contributed by atoms with Crippen LogP contribution in [0.2, 0.25) is 0 Å². The summed E-state index contributed by atoms with van der Waals surface area (Å²) in [5, 5.41) is 0.738. The lowest BCUT2D eigenvalue weighted by molar-refractivity contribution is -0.605. The molecule has 0 saturated carbocycles. The summed E-state index contributed by atoms with van der Waals surface area (Å²) in [6, 6.07) is 7.30. The van der Waals surface area contributed by atoms with E-state index in [4.69, 9.17) is 9.15 Å². The molecule has 2 saturated heterocycles. The van der Waals surface area contributed by atoms with Gasteiger partial charge in [-0.3, -0.25) is 0 Å². The lowest BCUT2D eigenvalue weighted by atomic mass is 10.1. The second kappa shape index (κ2) is 3.24. The standard InChI is InChI=1S/C14H12NO4/c1-18-10-3-2-8-4-11(14(17)19-12(8)5-10)13(16)15-6-9(15)7-15/h2-5,9H,6-7H2,1H3/q+1. The number of amides is 1. The van der Waals surface area contributed by atoms with Gasteiger partial charge in [-0.05, 0) is 18.2 Å². The Morgan fingerprint density at radius 1 is 1.37 bits per heavy atom. The van der Waals surface area contributed by atoms with Crippen molar-refractivity contribution >= 4 is 16.9 Å². The van der Waals surface area contributed by atoms with Gasteiger partial charge in [0.15, 0.2) is 11.6 Å². The third-order valence-electron chi connectivity index (χ3n) is 4.08. The molecule has 0 unspecified atom stereocenters. The zero-order valence-corrected chi connectivity index (χ0v) is 10.4. The first-order valence-electron chi connectivity index (χ1n) is 6.18. The van der Waals surface area contributed by atoms with Gasteiger partial charge in [-0.2, -0.15) is 0 Å². The number of hydrogen-bond acceptors (Lipinski definition) is 4. The van der Waals surface area contributed by atoms with Gasteiger partial charge in [0, 0.05) is 11.5 Å². The van der Waals surface area contributed by atoms with E-state index in [0.29, 0.717) is 21.9 Å². The van der Waals surface area contributed by atoms with Gasteiger partial charge in [0.2, 0.25) is 0 Å². The van der Waals surface area contributed by atoms with Crippen LogP contribution >= 0.6 is 0 Å². The van der Waals surface area contributed by atoms with Gasteiger partial charge in [-0.1, -0.05) is 0 Å². The molecule has 0 spiro atoms. The maximum atomic E-state index is 12.2. The van der Waals surface area contributed by atoms with E-state index in [0.717, 1.165) is 18.5 Å². The highest BCUT2D eigenvalue weighted by molar-refractivity contribution is 5.94. The second-order valence-electron chi connectivity index (χ2n) is 5.21. The van der Waals surface area contributed by atoms with Gasteiger partial charge in [0.25, 0.3) is 0 Å². The molecule has 1 aromatic heterocycles. The van der Waals surface area contributed by atoms with E-state index in [9.17, 15) is 9.59 Å².